The Morgan fingerprint density at radius 3 is 2.18 bits per heavy atom. The number of para-hydroxylation sites is 1. The molecule has 1 atom stereocenters. The Morgan fingerprint density at radius 2 is 1.53 bits per heavy atom. The van der Waals surface area contributed by atoms with Crippen LogP contribution in [0.5, 0.6) is 5.75 Å². The summed E-state index contributed by atoms with van der Waals surface area (Å²) in [5.74, 6) is -0.336. The third-order valence-corrected chi connectivity index (χ3v) is 7.56. The summed E-state index contributed by atoms with van der Waals surface area (Å²) in [4.78, 5) is 14.7. The van der Waals surface area contributed by atoms with E-state index >= 15 is 0 Å². The van der Waals surface area contributed by atoms with E-state index in [1.165, 1.54) is 41.3 Å². The number of nitrogens with zero attached hydrogens (tertiary/aromatic N) is 2. The summed E-state index contributed by atoms with van der Waals surface area (Å²) in [6.45, 7) is 3.93. The Balaban J connectivity index is 0.00000336. The van der Waals surface area contributed by atoms with Gasteiger partial charge in [-0.1, -0.05) is 24.3 Å². The van der Waals surface area contributed by atoms with Crippen molar-refractivity contribution in [3.05, 3.63) is 95.8 Å². The van der Waals surface area contributed by atoms with Crippen LogP contribution in [0, 0.1) is 23.4 Å². The Bertz CT molecular complexity index is 1220. The van der Waals surface area contributed by atoms with Crippen LogP contribution in [0.1, 0.15) is 18.4 Å². The number of rotatable bonds is 8. The molecule has 3 fully saturated rings. The molecule has 6 rings (SSSR count). The molecule has 0 aromatic heterocycles. The van der Waals surface area contributed by atoms with Crippen molar-refractivity contribution in [1.29, 1.82) is 0 Å². The number of ether oxygens (including phenoxy) is 2. The van der Waals surface area contributed by atoms with Gasteiger partial charge >= 0.3 is 6.09 Å². The van der Waals surface area contributed by atoms with Gasteiger partial charge in [-0.25, -0.2) is 18.0 Å². The zero-order valence-electron chi connectivity index (χ0n) is 20.9. The van der Waals surface area contributed by atoms with Gasteiger partial charge in [0.2, 0.25) is 0 Å². The van der Waals surface area contributed by atoms with Crippen molar-refractivity contribution in [1.82, 2.24) is 0 Å². The number of halogens is 4. The van der Waals surface area contributed by atoms with Crippen molar-refractivity contribution in [2.24, 2.45) is 5.92 Å². The maximum absolute atomic E-state index is 14.7. The molecule has 3 heterocycles. The third kappa shape index (κ3) is 6.50. The number of anilines is 1. The van der Waals surface area contributed by atoms with E-state index in [4.69, 9.17) is 9.47 Å². The Kier molecular flexibility index (Phi) is 8.99. The van der Waals surface area contributed by atoms with E-state index < -0.39 is 11.9 Å². The highest BCUT2D eigenvalue weighted by Crippen LogP contribution is 2.36. The van der Waals surface area contributed by atoms with Crippen LogP contribution in [0.4, 0.5) is 23.7 Å². The van der Waals surface area contributed by atoms with Crippen LogP contribution in [0.15, 0.2) is 72.8 Å². The molecule has 0 spiro atoms. The van der Waals surface area contributed by atoms with Crippen molar-refractivity contribution in [2.45, 2.75) is 25.5 Å². The first-order valence-electron chi connectivity index (χ1n) is 12.6. The molecule has 5 nitrogen and oxygen atoms in total. The minimum absolute atomic E-state index is 0. The second kappa shape index (κ2) is 12.2. The van der Waals surface area contributed by atoms with Gasteiger partial charge < -0.3 is 30.9 Å². The summed E-state index contributed by atoms with van der Waals surface area (Å²) in [5, 5.41) is 0. The molecule has 202 valence electrons. The normalized spacial score (nSPS) is 21.9. The van der Waals surface area contributed by atoms with Crippen LogP contribution in [0.25, 0.3) is 0 Å². The van der Waals surface area contributed by atoms with Crippen LogP contribution in [0.2, 0.25) is 0 Å². The molecule has 3 aliphatic heterocycles. The number of quaternary nitrogens is 1. The largest absolute Gasteiger partial charge is 1.00 e. The molecule has 3 aliphatic rings. The van der Waals surface area contributed by atoms with Crippen LogP contribution >= 0.6 is 0 Å². The third-order valence-electron chi connectivity index (χ3n) is 7.56. The number of benzene rings is 3. The number of piperidine rings is 3. The molecule has 2 bridgehead atoms. The quantitative estimate of drug-likeness (QED) is 0.379. The highest BCUT2D eigenvalue weighted by atomic mass is 79.9. The van der Waals surface area contributed by atoms with Gasteiger partial charge in [-0.15, -0.1) is 0 Å². The highest BCUT2D eigenvalue weighted by Gasteiger charge is 2.48. The van der Waals surface area contributed by atoms with Crippen molar-refractivity contribution in [3.8, 4) is 5.75 Å². The molecule has 38 heavy (non-hydrogen) atoms. The van der Waals surface area contributed by atoms with E-state index in [0.29, 0.717) is 24.5 Å². The predicted molar refractivity (Wildman–Crippen MR) is 134 cm³/mol. The number of carbonyl (C=O) groups is 1. The minimum atomic E-state index is -0.617. The lowest BCUT2D eigenvalue weighted by Crippen LogP contribution is -3.00. The van der Waals surface area contributed by atoms with Crippen LogP contribution in [0.3, 0.4) is 0 Å². The smallest absolute Gasteiger partial charge is 0.415 e. The maximum Gasteiger partial charge on any atom is 0.415 e. The fourth-order valence-electron chi connectivity index (χ4n) is 5.44. The van der Waals surface area contributed by atoms with Crippen molar-refractivity contribution in [3.63, 3.8) is 0 Å². The summed E-state index contributed by atoms with van der Waals surface area (Å²) < 4.78 is 53.9. The molecule has 0 radical (unpaired) electrons. The highest BCUT2D eigenvalue weighted by molar-refractivity contribution is 5.87. The monoisotopic (exact) mass is 590 g/mol. The number of amides is 1. The molecular formula is C29H30BrF3N2O3. The van der Waals surface area contributed by atoms with E-state index in [1.807, 2.05) is 0 Å². The fourth-order valence-corrected chi connectivity index (χ4v) is 5.44. The van der Waals surface area contributed by atoms with Gasteiger partial charge in [0.05, 0.1) is 25.3 Å². The predicted octanol–water partition coefficient (Wildman–Crippen LogP) is 2.94. The Labute approximate surface area is 231 Å². The molecular weight excluding hydrogens is 561 g/mol. The van der Waals surface area contributed by atoms with Crippen LogP contribution in [-0.2, 0) is 11.3 Å². The molecule has 9 heteroatoms. The molecule has 3 aromatic carbocycles. The summed E-state index contributed by atoms with van der Waals surface area (Å²) in [6.07, 6.45) is 0.968. The Morgan fingerprint density at radius 1 is 0.895 bits per heavy atom. The molecule has 0 unspecified atom stereocenters. The summed E-state index contributed by atoms with van der Waals surface area (Å²) in [6, 6.07) is 17.8. The zero-order chi connectivity index (χ0) is 25.8. The molecule has 0 aliphatic carbocycles. The van der Waals surface area contributed by atoms with Crippen molar-refractivity contribution < 1.29 is 48.9 Å². The minimum Gasteiger partial charge on any atom is -1.00 e. The summed E-state index contributed by atoms with van der Waals surface area (Å²) in [5.41, 5.74) is 0.784. The van der Waals surface area contributed by atoms with Gasteiger partial charge in [0, 0.05) is 18.8 Å². The lowest BCUT2D eigenvalue weighted by molar-refractivity contribution is -0.946. The second-order valence-electron chi connectivity index (χ2n) is 9.92. The first-order valence-corrected chi connectivity index (χ1v) is 12.6. The molecule has 0 saturated carbocycles. The number of carbonyl (C=O) groups excluding carboxylic acids is 1. The molecule has 3 saturated heterocycles. The molecule has 0 N–H and O–H groups in total. The van der Waals surface area contributed by atoms with Crippen molar-refractivity contribution >= 4 is 11.8 Å². The second-order valence-corrected chi connectivity index (χ2v) is 9.92. The summed E-state index contributed by atoms with van der Waals surface area (Å²) >= 11 is 0. The van der Waals surface area contributed by atoms with E-state index in [-0.39, 0.29) is 52.9 Å². The summed E-state index contributed by atoms with van der Waals surface area (Å²) in [7, 11) is 0. The van der Waals surface area contributed by atoms with E-state index in [2.05, 4.69) is 0 Å². The Hall–Kier alpha value is -3.04. The van der Waals surface area contributed by atoms with Gasteiger partial charge in [0.1, 0.15) is 42.9 Å². The van der Waals surface area contributed by atoms with Crippen LogP contribution < -0.4 is 26.6 Å². The first kappa shape index (κ1) is 28.0. The fraction of sp³-hybridized carbons (Fsp3) is 0.345. The number of hydrogen-bond acceptors (Lipinski definition) is 3. The molecule has 1 amide bonds. The van der Waals surface area contributed by atoms with E-state index in [1.54, 1.807) is 36.4 Å². The van der Waals surface area contributed by atoms with Gasteiger partial charge in [0.25, 0.3) is 0 Å². The lowest BCUT2D eigenvalue weighted by Gasteiger charge is -2.52. The standard InChI is InChI=1S/C29H30F3N2O3.BrH/c30-23-7-5-21(6-8-23)19-33(27-4-2-1-3-26(27)32)29(35)37-28-20-34(15-13-22(28)14-16-34)17-18-36-25-11-9-24(31)10-12-25;/h1-12,22,28H,13-20H2;1H/q+1;/p-1/t22?,28-,34?;/m0./s1. The maximum atomic E-state index is 14.7. The van der Waals surface area contributed by atoms with E-state index in [0.717, 1.165) is 37.0 Å². The average molecular weight is 591 g/mol. The SMILES string of the molecule is O=C(O[C@H]1C[N+]2(CCOc3ccc(F)cc3)CCC1CC2)N(Cc1ccc(F)cc1)c1ccccc1F.[Br-]. The van der Waals surface area contributed by atoms with Crippen LogP contribution in [-0.4, -0.2) is 49.5 Å². The number of hydrogen-bond donors (Lipinski definition) is 0. The first-order chi connectivity index (χ1) is 17.9. The van der Waals surface area contributed by atoms with Gasteiger partial charge in [0.15, 0.2) is 6.10 Å². The zero-order valence-corrected chi connectivity index (χ0v) is 22.5. The number of fused-ring (bicyclic) bond motifs is 3. The lowest BCUT2D eigenvalue weighted by atomic mass is 9.83. The van der Waals surface area contributed by atoms with Gasteiger partial charge in [-0.3, -0.25) is 4.90 Å². The van der Waals surface area contributed by atoms with Gasteiger partial charge in [-0.05, 0) is 54.1 Å². The van der Waals surface area contributed by atoms with Gasteiger partial charge in [-0.2, -0.15) is 0 Å². The topological polar surface area (TPSA) is 38.8 Å². The van der Waals surface area contributed by atoms with E-state index in [9.17, 15) is 18.0 Å². The molecule has 3 aromatic rings. The van der Waals surface area contributed by atoms with Crippen molar-refractivity contribution in [2.75, 3.05) is 37.7 Å². The average Bonchev–Trinajstić information content (AvgIpc) is 2.90.